The predicted octanol–water partition coefficient (Wildman–Crippen LogP) is 1.38. The molecule has 0 aliphatic carbocycles. The van der Waals surface area contributed by atoms with Crippen LogP contribution in [-0.2, 0) is 23.7 Å². The summed E-state index contributed by atoms with van der Waals surface area (Å²) >= 11 is 0. The van der Waals surface area contributed by atoms with E-state index < -0.39 is 5.97 Å². The number of carboxylic acids is 1. The van der Waals surface area contributed by atoms with Gasteiger partial charge in [0, 0.05) is 0 Å². The van der Waals surface area contributed by atoms with Gasteiger partial charge in [-0.05, 0) is 31.2 Å². The minimum absolute atomic E-state index is 0.0709. The maximum absolute atomic E-state index is 11.0. The van der Waals surface area contributed by atoms with Crippen molar-refractivity contribution in [3.63, 3.8) is 0 Å². The van der Waals surface area contributed by atoms with E-state index in [4.69, 9.17) is 28.8 Å². The Morgan fingerprint density at radius 1 is 0.880 bits per heavy atom. The molecular weight excluding hydrogens is 332 g/mol. The molecule has 1 rings (SSSR count). The second kappa shape index (κ2) is 13.2. The van der Waals surface area contributed by atoms with E-state index >= 15 is 0 Å². The summed E-state index contributed by atoms with van der Waals surface area (Å²) in [6.45, 7) is 4.27. The van der Waals surface area contributed by atoms with Gasteiger partial charge in [0.25, 0.3) is 0 Å². The van der Waals surface area contributed by atoms with Gasteiger partial charge in [-0.15, -0.1) is 0 Å². The van der Waals surface area contributed by atoms with Crippen LogP contribution in [0.15, 0.2) is 24.3 Å². The van der Waals surface area contributed by atoms with Crippen LogP contribution in [0.5, 0.6) is 5.75 Å². The van der Waals surface area contributed by atoms with Gasteiger partial charge in [-0.1, -0.05) is 0 Å². The molecule has 1 aromatic rings. The van der Waals surface area contributed by atoms with Gasteiger partial charge in [0.2, 0.25) is 0 Å². The standard InChI is InChI=1S/C17H24O8/c1-2-24-16(18)13-23-10-9-21-7-8-22-11-12-25-15-5-3-14(4-6-15)17(19)20/h3-6H,2,7-13H2,1H3,(H,19,20). The Labute approximate surface area is 146 Å². The number of carbonyl (C=O) groups excluding carboxylic acids is 1. The van der Waals surface area contributed by atoms with Crippen LogP contribution in [0.3, 0.4) is 0 Å². The molecule has 8 heteroatoms. The average molecular weight is 356 g/mol. The zero-order chi connectivity index (χ0) is 18.3. The Balaban J connectivity index is 1.90. The molecule has 0 aliphatic rings. The lowest BCUT2D eigenvalue weighted by molar-refractivity contribution is -0.149. The highest BCUT2D eigenvalue weighted by atomic mass is 16.6. The highest BCUT2D eigenvalue weighted by Crippen LogP contribution is 2.11. The van der Waals surface area contributed by atoms with Gasteiger partial charge in [-0.3, -0.25) is 0 Å². The van der Waals surface area contributed by atoms with Crippen molar-refractivity contribution in [3.8, 4) is 5.75 Å². The number of hydrogen-bond acceptors (Lipinski definition) is 7. The number of rotatable bonds is 14. The van der Waals surface area contributed by atoms with Gasteiger partial charge in [0.05, 0.1) is 45.2 Å². The molecule has 0 saturated heterocycles. The van der Waals surface area contributed by atoms with E-state index in [0.29, 0.717) is 52.0 Å². The van der Waals surface area contributed by atoms with Gasteiger partial charge in [0.1, 0.15) is 19.0 Å². The second-order valence-electron chi connectivity index (χ2n) is 4.76. The smallest absolute Gasteiger partial charge is 0.335 e. The first-order chi connectivity index (χ1) is 12.1. The monoisotopic (exact) mass is 356 g/mol. The lowest BCUT2D eigenvalue weighted by Crippen LogP contribution is -2.16. The van der Waals surface area contributed by atoms with Crippen LogP contribution < -0.4 is 4.74 Å². The molecule has 0 radical (unpaired) electrons. The summed E-state index contributed by atoms with van der Waals surface area (Å²) in [7, 11) is 0. The van der Waals surface area contributed by atoms with Crippen LogP contribution in [0, 0.1) is 0 Å². The Bertz CT molecular complexity index is 500. The molecule has 0 saturated carbocycles. The first-order valence-electron chi connectivity index (χ1n) is 7.98. The maximum Gasteiger partial charge on any atom is 0.335 e. The van der Waals surface area contributed by atoms with Crippen molar-refractivity contribution in [2.24, 2.45) is 0 Å². The zero-order valence-corrected chi connectivity index (χ0v) is 14.3. The van der Waals surface area contributed by atoms with Crippen LogP contribution in [0.25, 0.3) is 0 Å². The third-order valence-electron chi connectivity index (χ3n) is 2.87. The topological polar surface area (TPSA) is 101 Å². The van der Waals surface area contributed by atoms with Crippen LogP contribution in [0.4, 0.5) is 0 Å². The molecule has 0 fully saturated rings. The molecule has 8 nitrogen and oxygen atoms in total. The molecule has 1 aromatic carbocycles. The van der Waals surface area contributed by atoms with Crippen LogP contribution in [-0.4, -0.2) is 69.9 Å². The minimum Gasteiger partial charge on any atom is -0.491 e. The third kappa shape index (κ3) is 10.3. The fourth-order valence-electron chi connectivity index (χ4n) is 1.71. The van der Waals surface area contributed by atoms with Crippen molar-refractivity contribution < 1.29 is 38.4 Å². The Morgan fingerprint density at radius 2 is 1.44 bits per heavy atom. The first-order valence-corrected chi connectivity index (χ1v) is 7.98. The molecule has 0 unspecified atom stereocenters. The molecule has 0 bridgehead atoms. The summed E-state index contributed by atoms with van der Waals surface area (Å²) in [6.07, 6.45) is 0. The van der Waals surface area contributed by atoms with E-state index in [1.54, 1.807) is 19.1 Å². The van der Waals surface area contributed by atoms with E-state index in [1.165, 1.54) is 12.1 Å². The minimum atomic E-state index is -0.971. The fourth-order valence-corrected chi connectivity index (χ4v) is 1.71. The number of benzene rings is 1. The van der Waals surface area contributed by atoms with E-state index in [9.17, 15) is 9.59 Å². The van der Waals surface area contributed by atoms with Crippen LogP contribution in [0.1, 0.15) is 17.3 Å². The maximum atomic E-state index is 11.0. The van der Waals surface area contributed by atoms with Crippen molar-refractivity contribution in [2.75, 3.05) is 52.9 Å². The summed E-state index contributed by atoms with van der Waals surface area (Å²) in [5.74, 6) is -0.770. The summed E-state index contributed by atoms with van der Waals surface area (Å²) < 4.78 is 25.8. The van der Waals surface area contributed by atoms with Crippen molar-refractivity contribution in [3.05, 3.63) is 29.8 Å². The highest BCUT2D eigenvalue weighted by molar-refractivity contribution is 5.87. The molecular formula is C17H24O8. The average Bonchev–Trinajstić information content (AvgIpc) is 2.60. The predicted molar refractivity (Wildman–Crippen MR) is 88.0 cm³/mol. The number of aromatic carboxylic acids is 1. The van der Waals surface area contributed by atoms with Crippen molar-refractivity contribution >= 4 is 11.9 Å². The quantitative estimate of drug-likeness (QED) is 0.394. The summed E-state index contributed by atoms with van der Waals surface area (Å²) in [6, 6.07) is 6.17. The van der Waals surface area contributed by atoms with E-state index in [1.807, 2.05) is 0 Å². The van der Waals surface area contributed by atoms with Crippen molar-refractivity contribution in [2.45, 2.75) is 6.92 Å². The third-order valence-corrected chi connectivity index (χ3v) is 2.87. The van der Waals surface area contributed by atoms with Gasteiger partial charge in [-0.2, -0.15) is 0 Å². The molecule has 0 amide bonds. The molecule has 0 aliphatic heterocycles. The normalized spacial score (nSPS) is 10.4. The molecule has 0 aromatic heterocycles. The molecule has 0 atom stereocenters. The molecule has 25 heavy (non-hydrogen) atoms. The summed E-state index contributed by atoms with van der Waals surface area (Å²) in [5, 5.41) is 8.79. The molecule has 0 heterocycles. The Morgan fingerprint density at radius 3 is 2.00 bits per heavy atom. The van der Waals surface area contributed by atoms with E-state index in [-0.39, 0.29) is 18.1 Å². The lowest BCUT2D eigenvalue weighted by atomic mass is 10.2. The number of ether oxygens (including phenoxy) is 5. The first kappa shape index (κ1) is 20.9. The van der Waals surface area contributed by atoms with Gasteiger partial charge >= 0.3 is 11.9 Å². The number of esters is 1. The highest BCUT2D eigenvalue weighted by Gasteiger charge is 2.02. The van der Waals surface area contributed by atoms with Crippen molar-refractivity contribution in [1.29, 1.82) is 0 Å². The number of carbonyl (C=O) groups is 2. The zero-order valence-electron chi connectivity index (χ0n) is 14.3. The van der Waals surface area contributed by atoms with Crippen LogP contribution >= 0.6 is 0 Å². The lowest BCUT2D eigenvalue weighted by Gasteiger charge is -2.08. The van der Waals surface area contributed by atoms with E-state index in [2.05, 4.69) is 0 Å². The second-order valence-corrected chi connectivity index (χ2v) is 4.76. The Hall–Kier alpha value is -2.16. The molecule has 0 spiro atoms. The fraction of sp³-hybridized carbons (Fsp3) is 0.529. The van der Waals surface area contributed by atoms with Gasteiger partial charge in [0.15, 0.2) is 0 Å². The van der Waals surface area contributed by atoms with E-state index in [0.717, 1.165) is 0 Å². The number of hydrogen-bond donors (Lipinski definition) is 1. The summed E-state index contributed by atoms with van der Waals surface area (Å²) in [4.78, 5) is 21.7. The SMILES string of the molecule is CCOC(=O)COCCOCCOCCOc1ccc(C(=O)O)cc1. The Kier molecular flexibility index (Phi) is 11.0. The summed E-state index contributed by atoms with van der Waals surface area (Å²) in [5.41, 5.74) is 0.215. The number of carboxylic acid groups (broad SMARTS) is 1. The molecule has 1 N–H and O–H groups in total. The molecule has 140 valence electrons. The van der Waals surface area contributed by atoms with Crippen LogP contribution in [0.2, 0.25) is 0 Å². The van der Waals surface area contributed by atoms with Crippen molar-refractivity contribution in [1.82, 2.24) is 0 Å². The largest absolute Gasteiger partial charge is 0.491 e. The van der Waals surface area contributed by atoms with Gasteiger partial charge < -0.3 is 28.8 Å². The van der Waals surface area contributed by atoms with Gasteiger partial charge in [-0.25, -0.2) is 9.59 Å².